The molecule has 4 unspecified atom stereocenters. The minimum atomic E-state index is -5.21. The van der Waals surface area contributed by atoms with Crippen molar-refractivity contribution >= 4 is 35.1 Å². The van der Waals surface area contributed by atoms with Crippen LogP contribution in [0.15, 0.2) is 71.8 Å². The normalized spacial score (nSPS) is 18.5. The predicted octanol–water partition coefficient (Wildman–Crippen LogP) is 19.8. The van der Waals surface area contributed by atoms with Gasteiger partial charge in [-0.25, -0.2) is 0 Å². The molecule has 0 fully saturated rings. The van der Waals surface area contributed by atoms with Crippen LogP contribution >= 0.6 is 17.0 Å². The van der Waals surface area contributed by atoms with Crippen LogP contribution in [0.2, 0.25) is 13.1 Å². The van der Waals surface area contributed by atoms with Gasteiger partial charge in [-0.15, -0.1) is 0 Å². The van der Waals surface area contributed by atoms with Crippen LogP contribution in [0.1, 0.15) is 224 Å². The van der Waals surface area contributed by atoms with Gasteiger partial charge in [-0.05, 0) is 0 Å². The van der Waals surface area contributed by atoms with E-state index in [-0.39, 0.29) is 18.1 Å². The maximum absolute atomic E-state index is 9.27. The van der Waals surface area contributed by atoms with Crippen LogP contribution < -0.4 is 0 Å². The van der Waals surface area contributed by atoms with Crippen LogP contribution in [-0.2, 0) is 26.4 Å². The minimum absolute atomic E-state index is 0.0259. The number of rotatable bonds is 13. The fourth-order valence-corrected chi connectivity index (χ4v) is 42.4. The average molecular weight is 997 g/mol. The van der Waals surface area contributed by atoms with Crippen LogP contribution in [0.25, 0.3) is 34.4 Å². The summed E-state index contributed by atoms with van der Waals surface area (Å²) in [6, 6.07) is 24.9. The molecule has 0 radical (unpaired) electrons. The molecular formula is C60H85Cl2SiZr. The zero-order chi connectivity index (χ0) is 47.8. The van der Waals surface area contributed by atoms with Crippen LogP contribution in [-0.4, -0.2) is 5.92 Å². The monoisotopic (exact) mass is 993 g/mol. The van der Waals surface area contributed by atoms with Gasteiger partial charge in [0, 0.05) is 0 Å². The van der Waals surface area contributed by atoms with E-state index in [1.807, 2.05) is 0 Å². The summed E-state index contributed by atoms with van der Waals surface area (Å²) >= 11 is -5.21. The molecule has 64 heavy (non-hydrogen) atoms. The summed E-state index contributed by atoms with van der Waals surface area (Å²) in [5, 5.41) is 0. The molecule has 2 aliphatic carbocycles. The molecule has 0 spiro atoms. The first kappa shape index (κ1) is 51.4. The molecule has 0 aliphatic heterocycles. The Morgan fingerprint density at radius 2 is 0.797 bits per heavy atom. The fourth-order valence-electron chi connectivity index (χ4n) is 11.2. The van der Waals surface area contributed by atoms with Crippen LogP contribution in [0.4, 0.5) is 0 Å². The Morgan fingerprint density at radius 3 is 1.03 bits per heavy atom. The van der Waals surface area contributed by atoms with Crippen molar-refractivity contribution in [3.05, 3.63) is 127 Å². The van der Waals surface area contributed by atoms with E-state index in [2.05, 4.69) is 211 Å². The summed E-state index contributed by atoms with van der Waals surface area (Å²) in [7, 11) is 18.5. The molecule has 4 heteroatoms. The van der Waals surface area contributed by atoms with Gasteiger partial charge in [0.25, 0.3) is 0 Å². The molecule has 0 N–H and O–H groups in total. The zero-order valence-corrected chi connectivity index (χ0v) is 48.9. The summed E-state index contributed by atoms with van der Waals surface area (Å²) in [5.41, 5.74) is 22.3. The van der Waals surface area contributed by atoms with Crippen molar-refractivity contribution in [3.63, 3.8) is 0 Å². The molecule has 0 amide bonds. The second kappa shape index (κ2) is 18.5. The molecule has 6 rings (SSSR count). The SMILES string of the molecule is CCC(C)C1=Cc2c(ccc(C(C)(C)C)c2-c2cc(C(C)C)cc(C(C)C)c2)[CH]1[Zr]([Cl])([Cl])([CH]1C(C(C)CC)=Cc2c1ccc(C(C)(C)C)c2-c1cc(C(C)C)cc(C(C)C)c1)[SiH](C)C. The van der Waals surface area contributed by atoms with Gasteiger partial charge in [-0.3, -0.25) is 0 Å². The third kappa shape index (κ3) is 9.05. The Balaban J connectivity index is 1.76. The third-order valence-electron chi connectivity index (χ3n) is 15.9. The summed E-state index contributed by atoms with van der Waals surface area (Å²) in [4.78, 5) is 0. The summed E-state index contributed by atoms with van der Waals surface area (Å²) in [6.07, 6.45) is 7.36. The molecule has 0 saturated carbocycles. The molecule has 347 valence electrons. The van der Waals surface area contributed by atoms with Crippen LogP contribution in [0, 0.1) is 11.8 Å². The van der Waals surface area contributed by atoms with Gasteiger partial charge in [0.2, 0.25) is 0 Å². The van der Waals surface area contributed by atoms with Crippen molar-refractivity contribution < 1.29 is 15.6 Å². The number of allylic oxidation sites excluding steroid dienone is 2. The first-order chi connectivity index (χ1) is 29.6. The fraction of sp³-hybridized carbons (Fsp3) is 0.533. The predicted molar refractivity (Wildman–Crippen MR) is 288 cm³/mol. The second-order valence-corrected chi connectivity index (χ2v) is 66.5. The number of halogens is 2. The Morgan fingerprint density at radius 1 is 0.500 bits per heavy atom. The molecule has 0 aromatic heterocycles. The first-order valence-corrected chi connectivity index (χ1v) is 41.5. The standard InChI is InChI=1S/2C29H39.C2H7Si.2ClH.Zr/c2*1-10-20(6)24-13-21-11-12-27(29(7,8)9)28(26(21)17-24)25-15-22(18(2)3)14-23(16-25)19(4)5;1-3-2;;;/h2*11-20H,10H2,1-9H3;3H,1-2H3;2*1H;/q;;;;;+2/p-2. The van der Waals surface area contributed by atoms with E-state index < -0.39 is 21.5 Å². The summed E-state index contributed by atoms with van der Waals surface area (Å²) in [5.74, 6) is 0.586. The Labute approximate surface area is 401 Å². The molecule has 4 aromatic rings. The third-order valence-corrected chi connectivity index (χ3v) is 67.5. The average Bonchev–Trinajstić information content (AvgIpc) is 3.82. The van der Waals surface area contributed by atoms with Gasteiger partial charge in [-0.2, -0.15) is 0 Å². The molecule has 4 atom stereocenters. The maximum atomic E-state index is 9.27. The van der Waals surface area contributed by atoms with Crippen molar-refractivity contribution in [3.8, 4) is 22.3 Å². The number of hydrogen-bond donors (Lipinski definition) is 0. The summed E-state index contributed by atoms with van der Waals surface area (Å²) in [6.45, 7) is 47.7. The Kier molecular flexibility index (Phi) is 14.9. The second-order valence-electron chi connectivity index (χ2n) is 24.0. The van der Waals surface area contributed by atoms with E-state index in [0.717, 1.165) is 12.8 Å². The van der Waals surface area contributed by atoms with Gasteiger partial charge in [0.05, 0.1) is 0 Å². The zero-order valence-electron chi connectivity index (χ0n) is 43.8. The van der Waals surface area contributed by atoms with Crippen molar-refractivity contribution in [1.29, 1.82) is 0 Å². The van der Waals surface area contributed by atoms with Crippen LogP contribution in [0.3, 0.4) is 0 Å². The van der Waals surface area contributed by atoms with Crippen LogP contribution in [0.5, 0.6) is 0 Å². The van der Waals surface area contributed by atoms with E-state index in [9.17, 15) is 17.0 Å². The van der Waals surface area contributed by atoms with E-state index in [1.165, 1.54) is 89.0 Å². The van der Waals surface area contributed by atoms with Gasteiger partial charge in [-0.1, -0.05) is 0 Å². The number of hydrogen-bond acceptors (Lipinski definition) is 0. The van der Waals surface area contributed by atoms with Gasteiger partial charge in [0.15, 0.2) is 0 Å². The van der Waals surface area contributed by atoms with E-state index >= 15 is 0 Å². The van der Waals surface area contributed by atoms with Crippen molar-refractivity contribution in [1.82, 2.24) is 0 Å². The van der Waals surface area contributed by atoms with Crippen molar-refractivity contribution in [2.45, 2.75) is 192 Å². The van der Waals surface area contributed by atoms with Gasteiger partial charge < -0.3 is 0 Å². The number of benzene rings is 4. The van der Waals surface area contributed by atoms with Crippen molar-refractivity contribution in [2.75, 3.05) is 0 Å². The molecule has 4 aromatic carbocycles. The molecule has 0 saturated heterocycles. The summed E-state index contributed by atoms with van der Waals surface area (Å²) < 4.78 is 0.0518. The van der Waals surface area contributed by atoms with Crippen molar-refractivity contribution in [2.24, 2.45) is 11.8 Å². The Bertz CT molecular complexity index is 2240. The molecule has 0 bridgehead atoms. The van der Waals surface area contributed by atoms with Gasteiger partial charge in [0.1, 0.15) is 0 Å². The molecular weight excluding hydrogens is 911 g/mol. The Hall–Kier alpha value is -1.96. The topological polar surface area (TPSA) is 0 Å². The van der Waals surface area contributed by atoms with E-state index in [1.54, 1.807) is 0 Å². The van der Waals surface area contributed by atoms with E-state index in [4.69, 9.17) is 0 Å². The van der Waals surface area contributed by atoms with E-state index in [0.29, 0.717) is 35.5 Å². The molecule has 2 aliphatic rings. The quantitative estimate of drug-likeness (QED) is 0.117. The first-order valence-electron chi connectivity index (χ1n) is 25.2. The number of fused-ring (bicyclic) bond motifs is 2. The van der Waals surface area contributed by atoms with Gasteiger partial charge >= 0.3 is 405 Å². The molecule has 0 nitrogen and oxygen atoms in total. The molecule has 0 heterocycles.